The molecule has 0 bridgehead atoms. The van der Waals surface area contributed by atoms with Crippen LogP contribution in [0.2, 0.25) is 0 Å². The van der Waals surface area contributed by atoms with Gasteiger partial charge in [0.05, 0.1) is 17.4 Å². The highest BCUT2D eigenvalue weighted by Gasteiger charge is 2.34. The smallest absolute Gasteiger partial charge is 0.310 e. The molecule has 0 saturated carbocycles. The molecule has 0 aliphatic carbocycles. The molecule has 2 rings (SSSR count). The summed E-state index contributed by atoms with van der Waals surface area (Å²) in [6.45, 7) is -0.0499. The van der Waals surface area contributed by atoms with Crippen LogP contribution in [0.1, 0.15) is 12.8 Å². The molecule has 1 saturated heterocycles. The highest BCUT2D eigenvalue weighted by Crippen LogP contribution is 2.27. The molecule has 0 amide bonds. The third kappa shape index (κ3) is 4.42. The van der Waals surface area contributed by atoms with Gasteiger partial charge >= 0.3 is 5.97 Å². The number of halogens is 1. The van der Waals surface area contributed by atoms with Crippen LogP contribution in [-0.2, 0) is 14.6 Å². The van der Waals surface area contributed by atoms with Crippen molar-refractivity contribution < 1.29 is 27.4 Å². The molecule has 21 heavy (non-hydrogen) atoms. The lowest BCUT2D eigenvalue weighted by atomic mass is 9.88. The summed E-state index contributed by atoms with van der Waals surface area (Å²) < 4.78 is 40.9. The number of benzene rings is 1. The molecule has 1 fully saturated rings. The Kier molecular flexibility index (Phi) is 4.82. The lowest BCUT2D eigenvalue weighted by molar-refractivity contribution is -0.145. The largest absolute Gasteiger partial charge is 0.493 e. The molecule has 5 nitrogen and oxygen atoms in total. The van der Waals surface area contributed by atoms with E-state index in [2.05, 4.69) is 0 Å². The van der Waals surface area contributed by atoms with Crippen molar-refractivity contribution in [3.8, 4) is 5.75 Å². The van der Waals surface area contributed by atoms with Gasteiger partial charge in [-0.15, -0.1) is 0 Å². The maximum atomic E-state index is 12.8. The predicted octanol–water partition coefficient (Wildman–Crippen LogP) is 1.73. The first-order valence-corrected chi connectivity index (χ1v) is 8.51. The topological polar surface area (TPSA) is 80.7 Å². The monoisotopic (exact) mass is 316 g/mol. The zero-order chi connectivity index (χ0) is 15.5. The number of sulfone groups is 1. The van der Waals surface area contributed by atoms with Gasteiger partial charge in [0.1, 0.15) is 28.0 Å². The van der Waals surface area contributed by atoms with Gasteiger partial charge in [0.15, 0.2) is 0 Å². The van der Waals surface area contributed by atoms with Gasteiger partial charge in [0, 0.05) is 0 Å². The number of aliphatic carboxylic acids is 1. The Balaban J connectivity index is 1.96. The molecular weight excluding hydrogens is 299 g/mol. The van der Waals surface area contributed by atoms with Gasteiger partial charge in [-0.1, -0.05) is 0 Å². The van der Waals surface area contributed by atoms with Crippen LogP contribution in [0.5, 0.6) is 5.75 Å². The summed E-state index contributed by atoms with van der Waals surface area (Å²) in [6, 6.07) is 5.33. The fourth-order valence-corrected chi connectivity index (χ4v) is 3.96. The van der Waals surface area contributed by atoms with E-state index in [4.69, 9.17) is 4.74 Å². The van der Waals surface area contributed by atoms with Gasteiger partial charge in [-0.2, -0.15) is 0 Å². The third-order valence-corrected chi connectivity index (χ3v) is 5.44. The van der Waals surface area contributed by atoms with Crippen molar-refractivity contribution in [1.29, 1.82) is 0 Å². The second kappa shape index (κ2) is 6.43. The van der Waals surface area contributed by atoms with Crippen LogP contribution < -0.4 is 4.74 Å². The Morgan fingerprint density at radius 3 is 2.38 bits per heavy atom. The van der Waals surface area contributed by atoms with Crippen molar-refractivity contribution in [2.75, 3.05) is 18.1 Å². The van der Waals surface area contributed by atoms with Gasteiger partial charge in [0.25, 0.3) is 0 Å². The molecule has 0 aromatic heterocycles. The molecule has 1 unspecified atom stereocenters. The Morgan fingerprint density at radius 1 is 1.29 bits per heavy atom. The highest BCUT2D eigenvalue weighted by molar-refractivity contribution is 7.91. The minimum Gasteiger partial charge on any atom is -0.493 e. The standard InChI is InChI=1S/C14H17FO5S/c15-11-1-3-12(4-2-11)20-9-13(14(16)17)10-5-7-21(18,19)8-6-10/h1-4,10,13H,5-9H2,(H,16,17). The molecule has 1 aliphatic heterocycles. The van der Waals surface area contributed by atoms with Gasteiger partial charge < -0.3 is 9.84 Å². The zero-order valence-electron chi connectivity index (χ0n) is 11.4. The maximum Gasteiger partial charge on any atom is 0.310 e. The normalized spacial score (nSPS) is 19.9. The molecule has 0 spiro atoms. The molecular formula is C14H17FO5S. The predicted molar refractivity (Wildman–Crippen MR) is 74.4 cm³/mol. The number of rotatable bonds is 5. The Hall–Kier alpha value is -1.63. The molecule has 1 aromatic carbocycles. The molecule has 1 atom stereocenters. The number of hydrogen-bond donors (Lipinski definition) is 1. The van der Waals surface area contributed by atoms with Crippen LogP contribution >= 0.6 is 0 Å². The van der Waals surface area contributed by atoms with E-state index >= 15 is 0 Å². The average molecular weight is 316 g/mol. The Labute approximate surface area is 122 Å². The first-order valence-electron chi connectivity index (χ1n) is 6.69. The van der Waals surface area contributed by atoms with Crippen molar-refractivity contribution in [3.05, 3.63) is 30.1 Å². The van der Waals surface area contributed by atoms with E-state index in [-0.39, 0.29) is 24.0 Å². The van der Waals surface area contributed by atoms with E-state index in [1.165, 1.54) is 24.3 Å². The molecule has 116 valence electrons. The summed E-state index contributed by atoms with van der Waals surface area (Å²) >= 11 is 0. The summed E-state index contributed by atoms with van der Waals surface area (Å²) in [5.41, 5.74) is 0. The second-order valence-electron chi connectivity index (χ2n) is 5.20. The maximum absolute atomic E-state index is 12.8. The second-order valence-corrected chi connectivity index (χ2v) is 7.50. The van der Waals surface area contributed by atoms with E-state index in [1.54, 1.807) is 0 Å². The van der Waals surface area contributed by atoms with Crippen LogP contribution in [0.4, 0.5) is 4.39 Å². The van der Waals surface area contributed by atoms with Crippen LogP contribution in [-0.4, -0.2) is 37.6 Å². The third-order valence-electron chi connectivity index (χ3n) is 3.73. The van der Waals surface area contributed by atoms with Gasteiger partial charge in [-0.3, -0.25) is 4.79 Å². The SMILES string of the molecule is O=C(O)C(COc1ccc(F)cc1)C1CCS(=O)(=O)CC1. The minimum atomic E-state index is -3.02. The molecule has 1 N–H and O–H groups in total. The zero-order valence-corrected chi connectivity index (χ0v) is 12.2. The van der Waals surface area contributed by atoms with E-state index < -0.39 is 27.5 Å². The number of carboxylic acid groups (broad SMARTS) is 1. The van der Waals surface area contributed by atoms with Gasteiger partial charge in [-0.25, -0.2) is 12.8 Å². The van der Waals surface area contributed by atoms with Gasteiger partial charge in [-0.05, 0) is 43.0 Å². The van der Waals surface area contributed by atoms with Crippen molar-refractivity contribution in [2.24, 2.45) is 11.8 Å². The number of ether oxygens (including phenoxy) is 1. The van der Waals surface area contributed by atoms with E-state index in [1.807, 2.05) is 0 Å². The van der Waals surface area contributed by atoms with Crippen molar-refractivity contribution in [2.45, 2.75) is 12.8 Å². The van der Waals surface area contributed by atoms with Crippen molar-refractivity contribution >= 4 is 15.8 Å². The summed E-state index contributed by atoms with van der Waals surface area (Å²) in [5.74, 6) is -1.92. The first-order chi connectivity index (χ1) is 9.87. The molecule has 0 radical (unpaired) electrons. The lowest BCUT2D eigenvalue weighted by Gasteiger charge is -2.27. The lowest BCUT2D eigenvalue weighted by Crippen LogP contribution is -2.35. The number of carboxylic acids is 1. The van der Waals surface area contributed by atoms with E-state index in [0.717, 1.165) is 0 Å². The van der Waals surface area contributed by atoms with Crippen LogP contribution in [0.3, 0.4) is 0 Å². The van der Waals surface area contributed by atoms with Crippen molar-refractivity contribution in [1.82, 2.24) is 0 Å². The Morgan fingerprint density at radius 2 is 1.86 bits per heavy atom. The molecule has 1 aromatic rings. The van der Waals surface area contributed by atoms with Gasteiger partial charge in [0.2, 0.25) is 0 Å². The fraction of sp³-hybridized carbons (Fsp3) is 0.500. The van der Waals surface area contributed by atoms with Crippen LogP contribution in [0.25, 0.3) is 0 Å². The average Bonchev–Trinajstić information content (AvgIpc) is 2.42. The Bertz CT molecular complexity index is 582. The number of hydrogen-bond acceptors (Lipinski definition) is 4. The summed E-state index contributed by atoms with van der Waals surface area (Å²) in [5, 5.41) is 9.29. The number of carbonyl (C=O) groups is 1. The molecule has 1 heterocycles. The highest BCUT2D eigenvalue weighted by atomic mass is 32.2. The minimum absolute atomic E-state index is 0.0258. The summed E-state index contributed by atoms with van der Waals surface area (Å²) in [4.78, 5) is 11.3. The fourth-order valence-electron chi connectivity index (χ4n) is 2.44. The first kappa shape index (κ1) is 15.8. The quantitative estimate of drug-likeness (QED) is 0.895. The van der Waals surface area contributed by atoms with Crippen LogP contribution in [0, 0.1) is 17.7 Å². The van der Waals surface area contributed by atoms with E-state index in [0.29, 0.717) is 18.6 Å². The van der Waals surface area contributed by atoms with E-state index in [9.17, 15) is 22.7 Å². The summed E-state index contributed by atoms with van der Waals surface area (Å²) in [6.07, 6.45) is 0.679. The van der Waals surface area contributed by atoms with Crippen molar-refractivity contribution in [3.63, 3.8) is 0 Å². The molecule has 7 heteroatoms. The van der Waals surface area contributed by atoms with Crippen LogP contribution in [0.15, 0.2) is 24.3 Å². The summed E-state index contributed by atoms with van der Waals surface area (Å²) in [7, 11) is -3.02. The molecule has 1 aliphatic rings.